The van der Waals surface area contributed by atoms with E-state index in [1.54, 1.807) is 0 Å². The van der Waals surface area contributed by atoms with E-state index in [9.17, 15) is 23.3 Å². The number of Topliss-reactive ketones (excluding diaryl/α,β-unsaturated/α-hetero) is 1. The Morgan fingerprint density at radius 2 is 1.97 bits per heavy atom. The molecule has 0 bridgehead atoms. The van der Waals surface area contributed by atoms with Gasteiger partial charge in [-0.1, -0.05) is 22.0 Å². The maximum absolute atomic E-state index is 12.3. The fourth-order valence-electron chi connectivity index (χ4n) is 3.20. The SMILES string of the molecule is CC1=CC[C@@H](C(C)(CBr)OCCCCNS(=O)(=O)c2ccc([N+](=O)[O-])cc2)CC1=O. The maximum Gasteiger partial charge on any atom is 0.269 e. The molecule has 1 aromatic carbocycles. The van der Waals surface area contributed by atoms with Gasteiger partial charge in [0.25, 0.3) is 5.69 Å². The molecule has 0 heterocycles. The summed E-state index contributed by atoms with van der Waals surface area (Å²) >= 11 is 3.50. The van der Waals surface area contributed by atoms with Crippen molar-refractivity contribution in [1.29, 1.82) is 0 Å². The summed E-state index contributed by atoms with van der Waals surface area (Å²) in [6.45, 7) is 4.51. The van der Waals surface area contributed by atoms with Gasteiger partial charge < -0.3 is 4.74 Å². The molecule has 0 saturated heterocycles. The molecule has 166 valence electrons. The average molecular weight is 503 g/mol. The van der Waals surface area contributed by atoms with Gasteiger partial charge in [-0.05, 0) is 56.7 Å². The topological polar surface area (TPSA) is 116 Å². The van der Waals surface area contributed by atoms with Crippen LogP contribution in [0, 0.1) is 16.0 Å². The molecule has 1 aliphatic carbocycles. The van der Waals surface area contributed by atoms with Crippen LogP contribution in [-0.2, 0) is 19.6 Å². The molecule has 0 aliphatic heterocycles. The van der Waals surface area contributed by atoms with Crippen LogP contribution in [0.2, 0.25) is 0 Å². The predicted octanol–water partition coefficient (Wildman–Crippen LogP) is 3.75. The summed E-state index contributed by atoms with van der Waals surface area (Å²) in [5.74, 6) is 0.261. The summed E-state index contributed by atoms with van der Waals surface area (Å²) in [7, 11) is -3.72. The predicted molar refractivity (Wildman–Crippen MR) is 117 cm³/mol. The van der Waals surface area contributed by atoms with Crippen LogP contribution in [0.25, 0.3) is 0 Å². The number of rotatable bonds is 11. The molecular weight excluding hydrogens is 476 g/mol. The molecule has 0 aromatic heterocycles. The van der Waals surface area contributed by atoms with Crippen LogP contribution >= 0.6 is 15.9 Å². The van der Waals surface area contributed by atoms with Gasteiger partial charge in [-0.2, -0.15) is 0 Å². The number of nitro benzene ring substituents is 1. The monoisotopic (exact) mass is 502 g/mol. The molecule has 8 nitrogen and oxygen atoms in total. The second-order valence-electron chi connectivity index (χ2n) is 7.60. The average Bonchev–Trinajstić information content (AvgIpc) is 2.72. The molecule has 1 aliphatic rings. The van der Waals surface area contributed by atoms with Crippen molar-refractivity contribution < 1.29 is 22.9 Å². The van der Waals surface area contributed by atoms with E-state index >= 15 is 0 Å². The number of alkyl halides is 1. The number of hydrogen-bond donors (Lipinski definition) is 1. The fraction of sp³-hybridized carbons (Fsp3) is 0.550. The zero-order chi connectivity index (χ0) is 22.4. The van der Waals surface area contributed by atoms with Gasteiger partial charge in [0.1, 0.15) is 0 Å². The Kier molecular flexibility index (Phi) is 8.72. The molecule has 0 spiro atoms. The highest BCUT2D eigenvalue weighted by Crippen LogP contribution is 2.34. The van der Waals surface area contributed by atoms with E-state index in [4.69, 9.17) is 4.74 Å². The van der Waals surface area contributed by atoms with Gasteiger partial charge >= 0.3 is 0 Å². The summed E-state index contributed by atoms with van der Waals surface area (Å²) in [6, 6.07) is 4.76. The maximum atomic E-state index is 12.3. The number of allylic oxidation sites excluding steroid dienone is 2. The first-order chi connectivity index (χ1) is 14.1. The van der Waals surface area contributed by atoms with E-state index < -0.39 is 20.5 Å². The Labute approximate surface area is 185 Å². The summed E-state index contributed by atoms with van der Waals surface area (Å²) in [5.41, 5.74) is 0.181. The van der Waals surface area contributed by atoms with Crippen LogP contribution in [-0.4, -0.2) is 43.2 Å². The van der Waals surface area contributed by atoms with Crippen molar-refractivity contribution in [3.05, 3.63) is 46.0 Å². The van der Waals surface area contributed by atoms with Crippen molar-refractivity contribution in [2.75, 3.05) is 18.5 Å². The number of unbranched alkanes of at least 4 members (excludes halogenated alkanes) is 1. The van der Waals surface area contributed by atoms with E-state index in [0.717, 1.165) is 24.1 Å². The van der Waals surface area contributed by atoms with Gasteiger partial charge in [-0.25, -0.2) is 13.1 Å². The zero-order valence-corrected chi connectivity index (χ0v) is 19.5. The van der Waals surface area contributed by atoms with Crippen LogP contribution < -0.4 is 4.72 Å². The molecule has 1 N–H and O–H groups in total. The summed E-state index contributed by atoms with van der Waals surface area (Å²) in [5, 5.41) is 11.3. The third-order valence-corrected chi connectivity index (χ3v) is 7.95. The van der Waals surface area contributed by atoms with E-state index in [-0.39, 0.29) is 28.8 Å². The first kappa shape index (κ1) is 24.6. The first-order valence-electron chi connectivity index (χ1n) is 9.73. The largest absolute Gasteiger partial charge is 0.374 e. The zero-order valence-electron chi connectivity index (χ0n) is 17.1. The van der Waals surface area contributed by atoms with E-state index in [1.807, 2.05) is 19.9 Å². The third-order valence-electron chi connectivity index (χ3n) is 5.36. The number of carbonyl (C=O) groups is 1. The summed E-state index contributed by atoms with van der Waals surface area (Å²) in [4.78, 5) is 22.1. The number of nitrogens with zero attached hydrogens (tertiary/aromatic N) is 1. The highest BCUT2D eigenvalue weighted by atomic mass is 79.9. The number of ether oxygens (including phenoxy) is 1. The van der Waals surface area contributed by atoms with Crippen molar-refractivity contribution in [2.45, 2.75) is 50.0 Å². The number of halogens is 1. The number of nitro groups is 1. The molecule has 2 rings (SSSR count). The van der Waals surface area contributed by atoms with Crippen LogP contribution in [0.1, 0.15) is 39.5 Å². The third kappa shape index (κ3) is 6.44. The van der Waals surface area contributed by atoms with Gasteiger partial charge in [0.15, 0.2) is 5.78 Å². The quantitative estimate of drug-likeness (QED) is 0.213. The first-order valence-corrected chi connectivity index (χ1v) is 12.3. The number of hydrogen-bond acceptors (Lipinski definition) is 6. The van der Waals surface area contributed by atoms with E-state index in [0.29, 0.717) is 31.2 Å². The van der Waals surface area contributed by atoms with Gasteiger partial charge in [0.2, 0.25) is 10.0 Å². The highest BCUT2D eigenvalue weighted by molar-refractivity contribution is 9.09. The Hall–Kier alpha value is -1.62. The minimum Gasteiger partial charge on any atom is -0.374 e. The smallest absolute Gasteiger partial charge is 0.269 e. The Morgan fingerprint density at radius 3 is 2.53 bits per heavy atom. The second-order valence-corrected chi connectivity index (χ2v) is 9.93. The number of sulfonamides is 1. The van der Waals surface area contributed by atoms with Gasteiger partial charge in [0, 0.05) is 37.0 Å². The molecule has 30 heavy (non-hydrogen) atoms. The van der Waals surface area contributed by atoms with Crippen molar-refractivity contribution in [1.82, 2.24) is 4.72 Å². The van der Waals surface area contributed by atoms with Crippen molar-refractivity contribution in [3.63, 3.8) is 0 Å². The lowest BCUT2D eigenvalue weighted by molar-refractivity contribution is -0.384. The number of nitrogens with one attached hydrogen (secondary N) is 1. The Morgan fingerprint density at radius 1 is 1.30 bits per heavy atom. The molecule has 1 aromatic rings. The molecule has 0 radical (unpaired) electrons. The minimum absolute atomic E-state index is 0.0125. The number of carbonyl (C=O) groups excluding carboxylic acids is 1. The standard InChI is InChI=1S/C20H27BrN2O6S/c1-15-5-6-16(13-19(15)24)20(2,14-21)29-12-4-3-11-22-30(27,28)18-9-7-17(8-10-18)23(25)26/h5,7-10,16,22H,3-4,6,11-14H2,1-2H3/t16-,20?/m1/s1. The lowest BCUT2D eigenvalue weighted by atomic mass is 9.79. The van der Waals surface area contributed by atoms with Crippen molar-refractivity contribution >= 4 is 37.4 Å². The molecule has 0 saturated carbocycles. The van der Waals surface area contributed by atoms with Crippen molar-refractivity contribution in [3.8, 4) is 0 Å². The number of benzene rings is 1. The molecule has 10 heteroatoms. The molecular formula is C20H27BrN2O6S. The lowest BCUT2D eigenvalue weighted by Crippen LogP contribution is -2.42. The highest BCUT2D eigenvalue weighted by Gasteiger charge is 2.37. The Balaban J connectivity index is 1.77. The Bertz CT molecular complexity index is 900. The molecule has 0 amide bonds. The lowest BCUT2D eigenvalue weighted by Gasteiger charge is -2.37. The normalized spacial score (nSPS) is 19.2. The molecule has 0 fully saturated rings. The van der Waals surface area contributed by atoms with Gasteiger partial charge in [-0.3, -0.25) is 14.9 Å². The van der Waals surface area contributed by atoms with E-state index in [1.165, 1.54) is 12.1 Å². The van der Waals surface area contributed by atoms with Crippen LogP contribution in [0.4, 0.5) is 5.69 Å². The van der Waals surface area contributed by atoms with Crippen LogP contribution in [0.3, 0.4) is 0 Å². The van der Waals surface area contributed by atoms with Crippen LogP contribution in [0.5, 0.6) is 0 Å². The summed E-state index contributed by atoms with van der Waals surface area (Å²) in [6.07, 6.45) is 4.47. The second kappa shape index (κ2) is 10.6. The van der Waals surface area contributed by atoms with E-state index in [2.05, 4.69) is 20.7 Å². The fourth-order valence-corrected chi connectivity index (χ4v) is 4.89. The number of ketones is 1. The van der Waals surface area contributed by atoms with Gasteiger partial charge in [-0.15, -0.1) is 0 Å². The minimum atomic E-state index is -3.72. The number of non-ortho nitro benzene ring substituents is 1. The van der Waals surface area contributed by atoms with Crippen molar-refractivity contribution in [2.24, 2.45) is 5.92 Å². The molecule has 2 atom stereocenters. The molecule has 1 unspecified atom stereocenters. The van der Waals surface area contributed by atoms with Crippen LogP contribution in [0.15, 0.2) is 40.8 Å². The summed E-state index contributed by atoms with van der Waals surface area (Å²) < 4.78 is 33.1. The van der Waals surface area contributed by atoms with Gasteiger partial charge in [0.05, 0.1) is 15.4 Å².